The summed E-state index contributed by atoms with van der Waals surface area (Å²) in [5, 5.41) is 27.3. The highest BCUT2D eigenvalue weighted by Crippen LogP contribution is 2.24. The highest BCUT2D eigenvalue weighted by molar-refractivity contribution is 6.05. The first-order valence-corrected chi connectivity index (χ1v) is 8.73. The molecular formula is C21H15N3O6. The number of carboxylic acid groups (broad SMARTS) is 2. The maximum Gasteiger partial charge on any atom is 0.345 e. The number of esters is 1. The van der Waals surface area contributed by atoms with E-state index in [0.717, 1.165) is 23.8 Å². The van der Waals surface area contributed by atoms with Crippen LogP contribution in [0, 0.1) is 11.3 Å². The number of carbonyl (C=O) groups is 3. The van der Waals surface area contributed by atoms with Crippen LogP contribution in [0.5, 0.6) is 5.88 Å². The molecule has 1 aromatic heterocycles. The van der Waals surface area contributed by atoms with Crippen LogP contribution in [0.4, 0.5) is 0 Å². The number of aryl methyl sites for hydroxylation is 1. The Bertz CT molecular complexity index is 1160. The Morgan fingerprint density at radius 2 is 1.77 bits per heavy atom. The van der Waals surface area contributed by atoms with E-state index in [0.29, 0.717) is 12.4 Å². The number of imidazole rings is 1. The van der Waals surface area contributed by atoms with Gasteiger partial charge < -0.3 is 19.5 Å². The molecule has 0 aliphatic heterocycles. The quantitative estimate of drug-likeness (QED) is 0.571. The number of ether oxygens (including phenoxy) is 1. The second kappa shape index (κ2) is 8.70. The predicted octanol–water partition coefficient (Wildman–Crippen LogP) is 3.08. The molecule has 0 saturated carbocycles. The highest BCUT2D eigenvalue weighted by atomic mass is 16.5. The zero-order chi connectivity index (χ0) is 21.7. The number of nitriles is 1. The van der Waals surface area contributed by atoms with Gasteiger partial charge in [-0.25, -0.2) is 14.4 Å². The van der Waals surface area contributed by atoms with Gasteiger partial charge in [-0.3, -0.25) is 0 Å². The number of aromatic nitrogens is 2. The zero-order valence-electron chi connectivity index (χ0n) is 15.5. The lowest BCUT2D eigenvalue weighted by Crippen LogP contribution is -2.15. The second-order valence-electron chi connectivity index (χ2n) is 6.13. The third-order valence-electron chi connectivity index (χ3n) is 4.17. The van der Waals surface area contributed by atoms with Gasteiger partial charge in [-0.15, -0.1) is 0 Å². The molecule has 0 fully saturated rings. The van der Waals surface area contributed by atoms with E-state index >= 15 is 0 Å². The van der Waals surface area contributed by atoms with E-state index in [9.17, 15) is 19.5 Å². The Kier molecular flexibility index (Phi) is 5.89. The van der Waals surface area contributed by atoms with Gasteiger partial charge in [0.05, 0.1) is 35.4 Å². The minimum absolute atomic E-state index is 0.103. The Hall–Kier alpha value is -4.45. The third-order valence-corrected chi connectivity index (χ3v) is 4.17. The molecule has 2 aromatic carbocycles. The summed E-state index contributed by atoms with van der Waals surface area (Å²) < 4.78 is 6.88. The van der Waals surface area contributed by atoms with Crippen LogP contribution in [0.2, 0.25) is 0 Å². The molecule has 30 heavy (non-hydrogen) atoms. The smallest absolute Gasteiger partial charge is 0.345 e. The number of carbonyl (C=O) groups excluding carboxylic acids is 1. The third kappa shape index (κ3) is 4.34. The number of hydrogen-bond donors (Lipinski definition) is 2. The first kappa shape index (κ1) is 20.3. The van der Waals surface area contributed by atoms with Crippen LogP contribution < -0.4 is 4.74 Å². The summed E-state index contributed by atoms with van der Waals surface area (Å²) in [6, 6.07) is 14.1. The summed E-state index contributed by atoms with van der Waals surface area (Å²) in [6.07, 6.45) is 1.63. The van der Waals surface area contributed by atoms with E-state index in [2.05, 4.69) is 4.98 Å². The van der Waals surface area contributed by atoms with Gasteiger partial charge in [0, 0.05) is 12.1 Å². The van der Waals surface area contributed by atoms with Crippen LogP contribution in [-0.4, -0.2) is 37.7 Å². The second-order valence-corrected chi connectivity index (χ2v) is 6.13. The molecule has 0 radical (unpaired) electrons. The molecule has 9 nitrogen and oxygen atoms in total. The van der Waals surface area contributed by atoms with Gasteiger partial charge in [0.15, 0.2) is 0 Å². The number of hydrogen-bond acceptors (Lipinski definition) is 6. The van der Waals surface area contributed by atoms with Crippen LogP contribution in [-0.2, 0) is 6.54 Å². The Morgan fingerprint density at radius 1 is 1.03 bits per heavy atom. The molecule has 0 aliphatic rings. The number of nitrogens with zero attached hydrogens (tertiary/aromatic N) is 3. The van der Waals surface area contributed by atoms with E-state index in [1.807, 2.05) is 12.1 Å². The molecular weight excluding hydrogens is 390 g/mol. The summed E-state index contributed by atoms with van der Waals surface area (Å²) in [7, 11) is 0. The average Bonchev–Trinajstić information content (AvgIpc) is 3.14. The number of aromatic carboxylic acids is 2. The van der Waals surface area contributed by atoms with Gasteiger partial charge in [-0.2, -0.15) is 10.2 Å². The topological polar surface area (TPSA) is 143 Å². The zero-order valence-corrected chi connectivity index (χ0v) is 15.5. The largest absolute Gasteiger partial charge is 0.478 e. The van der Waals surface area contributed by atoms with E-state index in [1.54, 1.807) is 28.8 Å². The van der Waals surface area contributed by atoms with Gasteiger partial charge >= 0.3 is 17.9 Å². The molecule has 1 heterocycles. The van der Waals surface area contributed by atoms with E-state index in [1.165, 1.54) is 6.20 Å². The van der Waals surface area contributed by atoms with Gasteiger partial charge in [0.25, 0.3) is 0 Å². The highest BCUT2D eigenvalue weighted by Gasteiger charge is 2.22. The van der Waals surface area contributed by atoms with Gasteiger partial charge in [0.1, 0.15) is 5.82 Å². The summed E-state index contributed by atoms with van der Waals surface area (Å²) in [6.45, 7) is 0.306. The summed E-state index contributed by atoms with van der Waals surface area (Å²) in [5.74, 6) is -3.41. The normalized spacial score (nSPS) is 10.2. The monoisotopic (exact) mass is 405 g/mol. The van der Waals surface area contributed by atoms with E-state index < -0.39 is 29.0 Å². The molecule has 2 N–H and O–H groups in total. The summed E-state index contributed by atoms with van der Waals surface area (Å²) in [5.41, 5.74) is -0.319. The predicted molar refractivity (Wildman–Crippen MR) is 103 cm³/mol. The summed E-state index contributed by atoms with van der Waals surface area (Å²) in [4.78, 5) is 39.5. The van der Waals surface area contributed by atoms with Crippen LogP contribution >= 0.6 is 0 Å². The van der Waals surface area contributed by atoms with E-state index in [4.69, 9.17) is 15.1 Å². The fourth-order valence-electron chi connectivity index (χ4n) is 2.78. The van der Waals surface area contributed by atoms with Crippen molar-refractivity contribution in [2.24, 2.45) is 0 Å². The first-order chi connectivity index (χ1) is 14.4. The lowest BCUT2D eigenvalue weighted by molar-refractivity contribution is 0.0661. The Balaban J connectivity index is 1.97. The maximum absolute atomic E-state index is 12.6. The minimum atomic E-state index is -1.40. The molecule has 3 aromatic rings. The van der Waals surface area contributed by atoms with Gasteiger partial charge in [-0.05, 0) is 18.2 Å². The van der Waals surface area contributed by atoms with Crippen molar-refractivity contribution in [1.29, 1.82) is 5.26 Å². The van der Waals surface area contributed by atoms with Gasteiger partial charge in [0.2, 0.25) is 5.88 Å². The Morgan fingerprint density at radius 3 is 2.40 bits per heavy atom. The van der Waals surface area contributed by atoms with Crippen LogP contribution in [0.15, 0.2) is 54.7 Å². The average molecular weight is 405 g/mol. The molecule has 150 valence electrons. The minimum Gasteiger partial charge on any atom is -0.478 e. The molecule has 0 amide bonds. The molecule has 3 rings (SSSR count). The summed E-state index contributed by atoms with van der Waals surface area (Å²) >= 11 is 0. The van der Waals surface area contributed by atoms with E-state index in [-0.39, 0.29) is 17.9 Å². The molecule has 0 unspecified atom stereocenters. The van der Waals surface area contributed by atoms with Crippen molar-refractivity contribution < 1.29 is 29.3 Å². The number of rotatable bonds is 7. The molecule has 9 heteroatoms. The first-order valence-electron chi connectivity index (χ1n) is 8.73. The molecule has 0 atom stereocenters. The lowest BCUT2D eigenvalue weighted by Gasteiger charge is -2.06. The maximum atomic E-state index is 12.6. The molecule has 0 spiro atoms. The fourth-order valence-corrected chi connectivity index (χ4v) is 2.78. The SMILES string of the molecule is N#CCCn1cc(OC(=O)c2cc(C(=O)O)ccc2C(=O)O)nc1-c1ccccc1. The van der Waals surface area contributed by atoms with Crippen LogP contribution in [0.1, 0.15) is 37.5 Å². The number of carboxylic acids is 2. The van der Waals surface area contributed by atoms with Crippen LogP contribution in [0.25, 0.3) is 11.4 Å². The van der Waals surface area contributed by atoms with Crippen molar-refractivity contribution in [3.05, 3.63) is 71.4 Å². The fraction of sp³-hybridized carbons (Fsp3) is 0.0952. The van der Waals surface area contributed by atoms with Crippen LogP contribution in [0.3, 0.4) is 0 Å². The Labute approximate surface area is 170 Å². The van der Waals surface area contributed by atoms with Crippen molar-refractivity contribution in [2.75, 3.05) is 0 Å². The van der Waals surface area contributed by atoms with Crippen molar-refractivity contribution >= 4 is 17.9 Å². The molecule has 0 aliphatic carbocycles. The van der Waals surface area contributed by atoms with Gasteiger partial charge in [-0.1, -0.05) is 30.3 Å². The lowest BCUT2D eigenvalue weighted by atomic mass is 10.0. The standard InChI is InChI=1S/C21H15N3O6/c22-9-4-10-24-12-17(23-18(24)13-5-2-1-3-6-13)30-21(29)16-11-14(19(25)26)7-8-15(16)20(27)28/h1-3,5-8,11-12H,4,10H2,(H,25,26)(H,27,28). The number of benzene rings is 2. The molecule has 0 bridgehead atoms. The van der Waals surface area contributed by atoms with Crippen molar-refractivity contribution in [3.8, 4) is 23.3 Å². The van der Waals surface area contributed by atoms with Crippen molar-refractivity contribution in [2.45, 2.75) is 13.0 Å². The van der Waals surface area contributed by atoms with Crippen molar-refractivity contribution in [3.63, 3.8) is 0 Å². The molecule has 0 saturated heterocycles. The van der Waals surface area contributed by atoms with Crippen molar-refractivity contribution in [1.82, 2.24) is 9.55 Å².